The second-order valence-corrected chi connectivity index (χ2v) is 11.4. The molecular formula is C18H23NOSi. The van der Waals surface area contributed by atoms with Crippen molar-refractivity contribution in [2.24, 2.45) is 0 Å². The summed E-state index contributed by atoms with van der Waals surface area (Å²) in [6.45, 7) is 10.5. The predicted octanol–water partition coefficient (Wildman–Crippen LogP) is 3.75. The van der Waals surface area contributed by atoms with Crippen LogP contribution in [0.25, 0.3) is 0 Å². The number of fused-ring (bicyclic) bond motifs is 1. The maximum Gasteiger partial charge on any atom is 0.238 e. The van der Waals surface area contributed by atoms with Gasteiger partial charge in [0, 0.05) is 19.2 Å². The van der Waals surface area contributed by atoms with E-state index in [9.17, 15) is 4.79 Å². The van der Waals surface area contributed by atoms with Gasteiger partial charge in [-0.2, -0.15) is 0 Å². The van der Waals surface area contributed by atoms with Crippen LogP contribution in [0.3, 0.4) is 0 Å². The lowest BCUT2D eigenvalue weighted by Gasteiger charge is -2.25. The maximum atomic E-state index is 12.9. The molecule has 1 amide bonds. The average molecular weight is 297 g/mol. The van der Waals surface area contributed by atoms with Gasteiger partial charge in [-0.25, -0.2) is 0 Å². The van der Waals surface area contributed by atoms with E-state index >= 15 is 0 Å². The lowest BCUT2D eigenvalue weighted by atomic mass is 9.76. The van der Waals surface area contributed by atoms with Crippen LogP contribution in [0.5, 0.6) is 0 Å². The summed E-state index contributed by atoms with van der Waals surface area (Å²) in [7, 11) is 0.418. The molecule has 0 saturated carbocycles. The molecule has 0 bridgehead atoms. The highest BCUT2D eigenvalue weighted by Gasteiger charge is 2.48. The largest absolute Gasteiger partial charge is 0.314 e. The zero-order valence-electron chi connectivity index (χ0n) is 13.4. The molecule has 0 N–H and O–H groups in total. The van der Waals surface area contributed by atoms with Crippen molar-refractivity contribution in [3.05, 3.63) is 42.5 Å². The molecule has 2 rings (SSSR count). The number of amides is 1. The Balaban J connectivity index is 2.49. The topological polar surface area (TPSA) is 20.3 Å². The summed E-state index contributed by atoms with van der Waals surface area (Å²) in [6, 6.07) is 8.02. The first-order valence-electron chi connectivity index (χ1n) is 7.30. The van der Waals surface area contributed by atoms with Crippen molar-refractivity contribution < 1.29 is 4.79 Å². The van der Waals surface area contributed by atoms with E-state index in [-0.39, 0.29) is 5.91 Å². The van der Waals surface area contributed by atoms with E-state index in [2.05, 4.69) is 43.8 Å². The van der Waals surface area contributed by atoms with Crippen molar-refractivity contribution in [3.63, 3.8) is 0 Å². The Kier molecular flexibility index (Phi) is 4.11. The van der Waals surface area contributed by atoms with Crippen LogP contribution in [0, 0.1) is 11.5 Å². The SMILES string of the molecule is C=CC[C@]1(CC#C[Si](C)(C)C)C(=O)N(C)c2ccccc21. The number of benzene rings is 1. The zero-order valence-corrected chi connectivity index (χ0v) is 14.4. The fraction of sp³-hybridized carbons (Fsp3) is 0.389. The smallest absolute Gasteiger partial charge is 0.238 e. The van der Waals surface area contributed by atoms with E-state index in [4.69, 9.17) is 0 Å². The van der Waals surface area contributed by atoms with Crippen LogP contribution in [0.1, 0.15) is 18.4 Å². The molecule has 1 atom stereocenters. The third-order valence-corrected chi connectivity index (χ3v) is 4.77. The molecule has 0 aliphatic carbocycles. The Morgan fingerprint density at radius 3 is 2.62 bits per heavy atom. The van der Waals surface area contributed by atoms with Gasteiger partial charge in [-0.05, 0) is 18.1 Å². The number of carbonyl (C=O) groups excluding carboxylic acids is 1. The quantitative estimate of drug-likeness (QED) is 0.473. The Morgan fingerprint density at radius 2 is 2.00 bits per heavy atom. The van der Waals surface area contributed by atoms with E-state index < -0.39 is 13.5 Å². The Morgan fingerprint density at radius 1 is 1.33 bits per heavy atom. The van der Waals surface area contributed by atoms with Crippen molar-refractivity contribution in [2.45, 2.75) is 37.9 Å². The van der Waals surface area contributed by atoms with Gasteiger partial charge < -0.3 is 4.90 Å². The van der Waals surface area contributed by atoms with Gasteiger partial charge in [0.15, 0.2) is 0 Å². The minimum Gasteiger partial charge on any atom is -0.314 e. The minimum atomic E-state index is -1.43. The number of allylic oxidation sites excluding steroid dienone is 1. The molecule has 21 heavy (non-hydrogen) atoms. The molecular weight excluding hydrogens is 274 g/mol. The number of para-hydroxylation sites is 1. The Bertz CT molecular complexity index is 633. The van der Waals surface area contributed by atoms with Crippen LogP contribution in [0.2, 0.25) is 19.6 Å². The Labute approximate surface area is 128 Å². The first-order chi connectivity index (χ1) is 9.82. The molecule has 0 aromatic heterocycles. The van der Waals surface area contributed by atoms with E-state index in [1.165, 1.54) is 0 Å². The van der Waals surface area contributed by atoms with Crippen molar-refractivity contribution >= 4 is 19.7 Å². The van der Waals surface area contributed by atoms with Gasteiger partial charge in [-0.3, -0.25) is 4.79 Å². The molecule has 1 heterocycles. The predicted molar refractivity (Wildman–Crippen MR) is 92.1 cm³/mol. The number of carbonyl (C=O) groups is 1. The molecule has 3 heteroatoms. The summed E-state index contributed by atoms with van der Waals surface area (Å²) in [6.07, 6.45) is 3.04. The molecule has 0 unspecified atom stereocenters. The minimum absolute atomic E-state index is 0.133. The average Bonchev–Trinajstić information content (AvgIpc) is 2.62. The van der Waals surface area contributed by atoms with Gasteiger partial charge in [0.25, 0.3) is 0 Å². The van der Waals surface area contributed by atoms with Gasteiger partial charge in [0.05, 0.1) is 5.41 Å². The van der Waals surface area contributed by atoms with Crippen molar-refractivity contribution in [2.75, 3.05) is 11.9 Å². The van der Waals surface area contributed by atoms with Gasteiger partial charge >= 0.3 is 0 Å². The molecule has 0 spiro atoms. The van der Waals surface area contributed by atoms with Gasteiger partial charge in [-0.15, -0.1) is 18.0 Å². The van der Waals surface area contributed by atoms with Crippen molar-refractivity contribution in [3.8, 4) is 11.5 Å². The second kappa shape index (κ2) is 5.54. The molecule has 2 nitrogen and oxygen atoms in total. The van der Waals surface area contributed by atoms with Gasteiger partial charge in [0.1, 0.15) is 8.07 Å². The van der Waals surface area contributed by atoms with E-state index in [0.29, 0.717) is 12.8 Å². The van der Waals surface area contributed by atoms with E-state index in [1.807, 2.05) is 31.3 Å². The van der Waals surface area contributed by atoms with Crippen LogP contribution in [0.4, 0.5) is 5.69 Å². The number of likely N-dealkylation sites (N-methyl/N-ethyl adjacent to an activating group) is 1. The second-order valence-electron chi connectivity index (χ2n) is 6.68. The molecule has 1 aliphatic heterocycles. The van der Waals surface area contributed by atoms with Crippen LogP contribution in [0.15, 0.2) is 36.9 Å². The Hall–Kier alpha value is -1.79. The number of hydrogen-bond donors (Lipinski definition) is 0. The monoisotopic (exact) mass is 297 g/mol. The highest BCUT2D eigenvalue weighted by molar-refractivity contribution is 6.83. The first-order valence-corrected chi connectivity index (χ1v) is 10.8. The number of hydrogen-bond acceptors (Lipinski definition) is 1. The number of anilines is 1. The van der Waals surface area contributed by atoms with Crippen molar-refractivity contribution in [1.29, 1.82) is 0 Å². The van der Waals surface area contributed by atoms with Crippen LogP contribution in [-0.2, 0) is 10.2 Å². The fourth-order valence-corrected chi connectivity index (χ4v) is 3.48. The van der Waals surface area contributed by atoms with Crippen LogP contribution >= 0.6 is 0 Å². The van der Waals surface area contributed by atoms with Gasteiger partial charge in [0.2, 0.25) is 5.91 Å². The molecule has 1 aromatic rings. The molecule has 0 radical (unpaired) electrons. The first kappa shape index (κ1) is 15.6. The number of rotatable bonds is 3. The van der Waals surface area contributed by atoms with E-state index in [0.717, 1.165) is 11.3 Å². The number of nitrogens with zero attached hydrogens (tertiary/aromatic N) is 1. The summed E-state index contributed by atoms with van der Waals surface area (Å²) < 4.78 is 0. The van der Waals surface area contributed by atoms with Crippen molar-refractivity contribution in [1.82, 2.24) is 0 Å². The summed E-state index contributed by atoms with van der Waals surface area (Å²) in [5.74, 6) is 3.43. The summed E-state index contributed by atoms with van der Waals surface area (Å²) in [5, 5.41) is 0. The third-order valence-electron chi connectivity index (χ3n) is 3.84. The highest BCUT2D eigenvalue weighted by atomic mass is 28.3. The third kappa shape index (κ3) is 2.82. The maximum absolute atomic E-state index is 12.9. The standard InChI is InChI=1S/C18H23NOSi/c1-6-12-18(13-9-14-21(3,4)5)15-10-7-8-11-16(15)19(2)17(18)20/h6-8,10-11H,1,12-13H2,2-5H3/t18-/m1/s1. The molecule has 1 aliphatic rings. The summed E-state index contributed by atoms with van der Waals surface area (Å²) >= 11 is 0. The summed E-state index contributed by atoms with van der Waals surface area (Å²) in [5.41, 5.74) is 4.91. The normalized spacial score (nSPS) is 20.8. The molecule has 0 fully saturated rings. The van der Waals surface area contributed by atoms with Gasteiger partial charge in [-0.1, -0.05) is 43.9 Å². The van der Waals surface area contributed by atoms with Crippen LogP contribution in [-0.4, -0.2) is 21.0 Å². The highest BCUT2D eigenvalue weighted by Crippen LogP contribution is 2.45. The molecule has 110 valence electrons. The summed E-state index contributed by atoms with van der Waals surface area (Å²) in [4.78, 5) is 14.6. The van der Waals surface area contributed by atoms with Crippen LogP contribution < -0.4 is 4.90 Å². The lowest BCUT2D eigenvalue weighted by molar-refractivity contribution is -0.122. The fourth-order valence-electron chi connectivity index (χ4n) is 2.86. The van der Waals surface area contributed by atoms with E-state index in [1.54, 1.807) is 4.90 Å². The zero-order chi connectivity index (χ0) is 15.7. The lowest BCUT2D eigenvalue weighted by Crippen LogP contribution is -2.38. The molecule has 1 aromatic carbocycles. The molecule has 0 saturated heterocycles.